The predicted octanol–water partition coefficient (Wildman–Crippen LogP) is 3.73. The minimum absolute atomic E-state index is 0.142. The van der Waals surface area contributed by atoms with Gasteiger partial charge in [0.05, 0.1) is 11.6 Å². The highest BCUT2D eigenvalue weighted by Gasteiger charge is 2.30. The van der Waals surface area contributed by atoms with Gasteiger partial charge in [-0.25, -0.2) is 0 Å². The molecule has 0 spiro atoms. The van der Waals surface area contributed by atoms with Crippen LogP contribution in [0.1, 0.15) is 29.7 Å². The van der Waals surface area contributed by atoms with Crippen LogP contribution in [0.5, 0.6) is 0 Å². The fourth-order valence-electron chi connectivity index (χ4n) is 2.97. The topological polar surface area (TPSA) is 53.2 Å². The van der Waals surface area contributed by atoms with Gasteiger partial charge in [-0.1, -0.05) is 42.0 Å². The second kappa shape index (κ2) is 7.07. The highest BCUT2D eigenvalue weighted by atomic mass is 32.1. The molecule has 2 aromatic carbocycles. The van der Waals surface area contributed by atoms with Crippen molar-refractivity contribution < 1.29 is 4.79 Å². The molecule has 0 aromatic heterocycles. The Kier molecular flexibility index (Phi) is 4.86. The molecule has 128 valence electrons. The Morgan fingerprint density at radius 1 is 1.04 bits per heavy atom. The Bertz CT molecular complexity index is 855. The van der Waals surface area contributed by atoms with Crippen molar-refractivity contribution in [1.29, 1.82) is 0 Å². The largest absolute Gasteiger partial charge is 0.351 e. The third kappa shape index (κ3) is 3.72. The van der Waals surface area contributed by atoms with Crippen molar-refractivity contribution in [2.24, 2.45) is 0 Å². The smallest absolute Gasteiger partial charge is 0.255 e. The summed E-state index contributed by atoms with van der Waals surface area (Å²) < 4.78 is 0. The molecular formula is C20H21N3OS. The highest BCUT2D eigenvalue weighted by Crippen LogP contribution is 2.29. The zero-order chi connectivity index (χ0) is 18.0. The summed E-state index contributed by atoms with van der Waals surface area (Å²) in [6.45, 7) is 5.93. The SMILES string of the molecule is CC1=C(C(=O)Nc2ccc(C)cc2)[C@H](c2ccccc2C)NC(=S)N1. The van der Waals surface area contributed by atoms with Crippen LogP contribution in [-0.2, 0) is 4.79 Å². The maximum Gasteiger partial charge on any atom is 0.255 e. The minimum atomic E-state index is -0.277. The van der Waals surface area contributed by atoms with E-state index in [9.17, 15) is 4.79 Å². The lowest BCUT2D eigenvalue weighted by atomic mass is 9.92. The van der Waals surface area contributed by atoms with Crippen LogP contribution in [0, 0.1) is 13.8 Å². The van der Waals surface area contributed by atoms with E-state index in [-0.39, 0.29) is 11.9 Å². The standard InChI is InChI=1S/C20H21N3OS/c1-12-8-10-15(11-9-12)22-19(24)17-14(3)21-20(25)23-18(17)16-7-5-4-6-13(16)2/h4-11,18H,1-3H3,(H,22,24)(H2,21,23,25)/t18-/m0/s1. The number of thiocarbonyl (C=S) groups is 1. The molecule has 0 radical (unpaired) electrons. The number of benzene rings is 2. The molecule has 0 unspecified atom stereocenters. The van der Waals surface area contributed by atoms with Gasteiger partial charge < -0.3 is 16.0 Å². The van der Waals surface area contributed by atoms with Gasteiger partial charge in [-0.2, -0.15) is 0 Å². The number of rotatable bonds is 3. The van der Waals surface area contributed by atoms with Crippen LogP contribution in [0.3, 0.4) is 0 Å². The van der Waals surface area contributed by atoms with Gasteiger partial charge in [0.2, 0.25) is 0 Å². The summed E-state index contributed by atoms with van der Waals surface area (Å²) in [5, 5.41) is 9.80. The third-order valence-electron chi connectivity index (χ3n) is 4.32. The van der Waals surface area contributed by atoms with E-state index in [0.717, 1.165) is 28.1 Å². The van der Waals surface area contributed by atoms with E-state index >= 15 is 0 Å². The molecule has 5 heteroatoms. The fraction of sp³-hybridized carbons (Fsp3) is 0.200. The van der Waals surface area contributed by atoms with Crippen LogP contribution in [0.25, 0.3) is 0 Å². The summed E-state index contributed by atoms with van der Waals surface area (Å²) in [6.07, 6.45) is 0. The second-order valence-electron chi connectivity index (χ2n) is 6.25. The average Bonchev–Trinajstić information content (AvgIpc) is 2.56. The fourth-order valence-corrected chi connectivity index (χ4v) is 3.25. The van der Waals surface area contributed by atoms with Crippen molar-refractivity contribution in [1.82, 2.24) is 10.6 Å². The van der Waals surface area contributed by atoms with E-state index in [0.29, 0.717) is 10.7 Å². The molecule has 0 saturated heterocycles. The molecule has 2 aromatic rings. The predicted molar refractivity (Wildman–Crippen MR) is 105 cm³/mol. The van der Waals surface area contributed by atoms with E-state index in [1.54, 1.807) is 0 Å². The zero-order valence-corrected chi connectivity index (χ0v) is 15.3. The number of carbonyl (C=O) groups excluding carboxylic acids is 1. The number of allylic oxidation sites excluding steroid dienone is 1. The summed E-state index contributed by atoms with van der Waals surface area (Å²) in [7, 11) is 0. The maximum absolute atomic E-state index is 13.0. The molecule has 0 bridgehead atoms. The Hall–Kier alpha value is -2.66. The van der Waals surface area contributed by atoms with Gasteiger partial charge in [0, 0.05) is 11.4 Å². The lowest BCUT2D eigenvalue weighted by Crippen LogP contribution is -2.46. The first-order chi connectivity index (χ1) is 12.0. The number of hydrogen-bond donors (Lipinski definition) is 3. The average molecular weight is 351 g/mol. The van der Waals surface area contributed by atoms with Gasteiger partial charge in [-0.05, 0) is 56.2 Å². The Labute approximate surface area is 153 Å². The van der Waals surface area contributed by atoms with E-state index in [4.69, 9.17) is 12.2 Å². The Morgan fingerprint density at radius 2 is 1.72 bits per heavy atom. The van der Waals surface area contributed by atoms with E-state index < -0.39 is 0 Å². The van der Waals surface area contributed by atoms with Crippen molar-refractivity contribution in [2.45, 2.75) is 26.8 Å². The number of nitrogens with one attached hydrogen (secondary N) is 3. The van der Waals surface area contributed by atoms with Crippen LogP contribution in [0.4, 0.5) is 5.69 Å². The van der Waals surface area contributed by atoms with Crippen LogP contribution in [0.2, 0.25) is 0 Å². The summed E-state index contributed by atoms with van der Waals surface area (Å²) >= 11 is 5.30. The van der Waals surface area contributed by atoms with Gasteiger partial charge in [0.15, 0.2) is 5.11 Å². The molecule has 1 heterocycles. The number of aryl methyl sites for hydroxylation is 2. The minimum Gasteiger partial charge on any atom is -0.351 e. The van der Waals surface area contributed by atoms with Crippen molar-refractivity contribution in [3.05, 3.63) is 76.5 Å². The zero-order valence-electron chi connectivity index (χ0n) is 14.5. The summed E-state index contributed by atoms with van der Waals surface area (Å²) in [5.74, 6) is -0.142. The molecule has 3 rings (SSSR count). The molecule has 4 nitrogen and oxygen atoms in total. The normalized spacial score (nSPS) is 16.9. The van der Waals surface area contributed by atoms with Crippen LogP contribution in [-0.4, -0.2) is 11.0 Å². The molecule has 1 aliphatic heterocycles. The molecule has 0 fully saturated rings. The van der Waals surface area contributed by atoms with E-state index in [2.05, 4.69) is 16.0 Å². The summed E-state index contributed by atoms with van der Waals surface area (Å²) in [6, 6.07) is 15.5. The monoisotopic (exact) mass is 351 g/mol. The summed E-state index contributed by atoms with van der Waals surface area (Å²) in [4.78, 5) is 13.0. The number of amides is 1. The van der Waals surface area contributed by atoms with Gasteiger partial charge in [-0.15, -0.1) is 0 Å². The van der Waals surface area contributed by atoms with Crippen molar-refractivity contribution in [3.8, 4) is 0 Å². The molecule has 1 aliphatic rings. The lowest BCUT2D eigenvalue weighted by molar-refractivity contribution is -0.113. The van der Waals surface area contributed by atoms with E-state index in [1.165, 1.54) is 0 Å². The number of hydrogen-bond acceptors (Lipinski definition) is 2. The van der Waals surface area contributed by atoms with Gasteiger partial charge in [0.1, 0.15) is 0 Å². The van der Waals surface area contributed by atoms with Crippen LogP contribution < -0.4 is 16.0 Å². The molecule has 25 heavy (non-hydrogen) atoms. The van der Waals surface area contributed by atoms with Gasteiger partial charge >= 0.3 is 0 Å². The van der Waals surface area contributed by atoms with Crippen LogP contribution in [0.15, 0.2) is 59.8 Å². The van der Waals surface area contributed by atoms with Crippen molar-refractivity contribution in [2.75, 3.05) is 5.32 Å². The Morgan fingerprint density at radius 3 is 2.40 bits per heavy atom. The lowest BCUT2D eigenvalue weighted by Gasteiger charge is -2.31. The van der Waals surface area contributed by atoms with Gasteiger partial charge in [0.25, 0.3) is 5.91 Å². The Balaban J connectivity index is 1.96. The first kappa shape index (κ1) is 17.2. The number of anilines is 1. The van der Waals surface area contributed by atoms with Crippen molar-refractivity contribution >= 4 is 28.9 Å². The van der Waals surface area contributed by atoms with Crippen molar-refractivity contribution in [3.63, 3.8) is 0 Å². The third-order valence-corrected chi connectivity index (χ3v) is 4.54. The molecule has 0 aliphatic carbocycles. The molecule has 3 N–H and O–H groups in total. The maximum atomic E-state index is 13.0. The van der Waals surface area contributed by atoms with E-state index in [1.807, 2.05) is 69.3 Å². The summed E-state index contributed by atoms with van der Waals surface area (Å²) in [5.41, 5.74) is 5.48. The first-order valence-corrected chi connectivity index (χ1v) is 8.58. The molecular weight excluding hydrogens is 330 g/mol. The number of carbonyl (C=O) groups is 1. The van der Waals surface area contributed by atoms with Crippen LogP contribution >= 0.6 is 12.2 Å². The first-order valence-electron chi connectivity index (χ1n) is 8.17. The molecule has 0 saturated carbocycles. The van der Waals surface area contributed by atoms with Gasteiger partial charge in [-0.3, -0.25) is 4.79 Å². The highest BCUT2D eigenvalue weighted by molar-refractivity contribution is 7.80. The second-order valence-corrected chi connectivity index (χ2v) is 6.66. The molecule has 1 atom stereocenters. The molecule has 1 amide bonds. The quantitative estimate of drug-likeness (QED) is 0.738.